The molecule has 29 heavy (non-hydrogen) atoms. The maximum atomic E-state index is 12.6. The molecule has 3 aliphatic heterocycles. The first-order chi connectivity index (χ1) is 13.8. The lowest BCUT2D eigenvalue weighted by Crippen LogP contribution is -2.38. The van der Waals surface area contributed by atoms with E-state index in [1.807, 2.05) is 42.5 Å². The Labute approximate surface area is 176 Å². The maximum Gasteiger partial charge on any atom is 0.255 e. The smallest absolute Gasteiger partial charge is 0.255 e. The fourth-order valence-electron chi connectivity index (χ4n) is 4.22. The summed E-state index contributed by atoms with van der Waals surface area (Å²) in [6.07, 6.45) is 5.76. The van der Waals surface area contributed by atoms with Gasteiger partial charge in [-0.05, 0) is 35.7 Å². The van der Waals surface area contributed by atoms with Gasteiger partial charge in [-0.3, -0.25) is 4.79 Å². The van der Waals surface area contributed by atoms with Gasteiger partial charge in [0.05, 0.1) is 18.1 Å². The van der Waals surface area contributed by atoms with Crippen molar-refractivity contribution in [1.29, 1.82) is 0 Å². The van der Waals surface area contributed by atoms with Crippen LogP contribution in [0.1, 0.15) is 23.2 Å². The number of aromatic nitrogens is 2. The highest BCUT2D eigenvalue weighted by Gasteiger charge is 2.30. The molecule has 2 bridgehead atoms. The zero-order valence-corrected chi connectivity index (χ0v) is 16.9. The van der Waals surface area contributed by atoms with Crippen molar-refractivity contribution in [1.82, 2.24) is 14.9 Å². The van der Waals surface area contributed by atoms with Gasteiger partial charge in [-0.25, -0.2) is 9.97 Å². The van der Waals surface area contributed by atoms with Gasteiger partial charge in [0, 0.05) is 37.8 Å². The van der Waals surface area contributed by atoms with Gasteiger partial charge in [0.1, 0.15) is 0 Å². The lowest BCUT2D eigenvalue weighted by atomic mass is 10.1. The third-order valence-electron chi connectivity index (χ3n) is 5.82. The molecule has 3 aromatic rings. The van der Waals surface area contributed by atoms with Crippen LogP contribution in [0.5, 0.6) is 0 Å². The summed E-state index contributed by atoms with van der Waals surface area (Å²) in [4.78, 5) is 26.5. The van der Waals surface area contributed by atoms with Gasteiger partial charge in [0.2, 0.25) is 5.95 Å². The van der Waals surface area contributed by atoms with E-state index in [1.54, 1.807) is 12.4 Å². The summed E-state index contributed by atoms with van der Waals surface area (Å²) in [5.74, 6) is 0.612. The molecule has 3 fully saturated rings. The third-order valence-corrected chi connectivity index (χ3v) is 5.82. The average molecular weight is 410 g/mol. The monoisotopic (exact) mass is 409 g/mol. The Hall–Kier alpha value is -2.70. The van der Waals surface area contributed by atoms with Crippen LogP contribution in [0.3, 0.4) is 0 Å². The molecule has 4 heterocycles. The average Bonchev–Trinajstić information content (AvgIpc) is 3.08. The zero-order chi connectivity index (χ0) is 18.9. The van der Waals surface area contributed by atoms with E-state index in [0.717, 1.165) is 29.8 Å². The molecule has 0 unspecified atom stereocenters. The Kier molecular flexibility index (Phi) is 5.65. The molecule has 6 nitrogen and oxygen atoms in total. The first-order valence-corrected chi connectivity index (χ1v) is 9.87. The van der Waals surface area contributed by atoms with Crippen molar-refractivity contribution in [2.75, 3.05) is 36.4 Å². The Morgan fingerprint density at radius 3 is 2.41 bits per heavy atom. The summed E-state index contributed by atoms with van der Waals surface area (Å²) >= 11 is 0. The summed E-state index contributed by atoms with van der Waals surface area (Å²) in [5.41, 5.74) is 1.24. The fourth-order valence-corrected chi connectivity index (χ4v) is 4.22. The number of nitrogens with zero attached hydrogens (tertiary/aromatic N) is 4. The predicted molar refractivity (Wildman–Crippen MR) is 118 cm³/mol. The minimum atomic E-state index is -0.150. The standard InChI is InChI=1S/C22H23N5O.ClH/c28-21(18-6-5-16-3-1-2-4-17(16)13-18)25-19-14-23-22(24-15-19)27-12-11-26-9-7-20(27)8-10-26;/h1-6,13-15,20H,7-12H2,(H,25,28);1H. The molecule has 3 aliphatic rings. The summed E-state index contributed by atoms with van der Waals surface area (Å²) in [6.45, 7) is 4.37. The van der Waals surface area contributed by atoms with Crippen molar-refractivity contribution in [2.45, 2.75) is 18.9 Å². The van der Waals surface area contributed by atoms with E-state index in [1.165, 1.54) is 25.9 Å². The molecule has 0 atom stereocenters. The number of amides is 1. The summed E-state index contributed by atoms with van der Waals surface area (Å²) in [6, 6.07) is 14.3. The van der Waals surface area contributed by atoms with E-state index >= 15 is 0 Å². The van der Waals surface area contributed by atoms with Gasteiger partial charge in [-0.15, -0.1) is 12.4 Å². The number of nitrogens with one attached hydrogen (secondary N) is 1. The summed E-state index contributed by atoms with van der Waals surface area (Å²) < 4.78 is 0. The van der Waals surface area contributed by atoms with Gasteiger partial charge in [-0.1, -0.05) is 30.3 Å². The number of anilines is 2. The maximum absolute atomic E-state index is 12.6. The SMILES string of the molecule is Cl.O=C(Nc1cnc(N2CCN3CCC2CC3)nc1)c1ccc2ccccc2c1. The van der Waals surface area contributed by atoms with Crippen molar-refractivity contribution in [2.24, 2.45) is 0 Å². The van der Waals surface area contributed by atoms with Crippen molar-refractivity contribution in [3.63, 3.8) is 0 Å². The van der Waals surface area contributed by atoms with E-state index in [9.17, 15) is 4.79 Å². The second kappa shape index (κ2) is 8.35. The number of benzene rings is 2. The highest BCUT2D eigenvalue weighted by molar-refractivity contribution is 6.06. The molecule has 2 aromatic carbocycles. The molecule has 1 amide bonds. The molecular formula is C22H24ClN5O. The van der Waals surface area contributed by atoms with Crippen LogP contribution in [0.25, 0.3) is 10.8 Å². The van der Waals surface area contributed by atoms with E-state index in [2.05, 4.69) is 25.1 Å². The normalized spacial score (nSPS) is 20.8. The van der Waals surface area contributed by atoms with Crippen LogP contribution >= 0.6 is 12.4 Å². The Bertz CT molecular complexity index is 1000. The van der Waals surface area contributed by atoms with Gasteiger partial charge >= 0.3 is 0 Å². The number of halogens is 1. The van der Waals surface area contributed by atoms with Gasteiger partial charge in [0.15, 0.2) is 0 Å². The van der Waals surface area contributed by atoms with Crippen LogP contribution < -0.4 is 10.2 Å². The molecule has 1 aromatic heterocycles. The lowest BCUT2D eigenvalue weighted by Gasteiger charge is -2.31. The zero-order valence-electron chi connectivity index (χ0n) is 16.1. The van der Waals surface area contributed by atoms with E-state index in [4.69, 9.17) is 0 Å². The van der Waals surface area contributed by atoms with Crippen LogP contribution in [-0.2, 0) is 0 Å². The van der Waals surface area contributed by atoms with Crippen molar-refractivity contribution >= 4 is 40.7 Å². The van der Waals surface area contributed by atoms with Crippen molar-refractivity contribution < 1.29 is 4.79 Å². The topological polar surface area (TPSA) is 61.4 Å². The van der Waals surface area contributed by atoms with Crippen LogP contribution in [0.2, 0.25) is 0 Å². The molecule has 7 heteroatoms. The van der Waals surface area contributed by atoms with Gasteiger partial charge < -0.3 is 15.1 Å². The Balaban J connectivity index is 0.00000205. The largest absolute Gasteiger partial charge is 0.336 e. The Morgan fingerprint density at radius 1 is 0.931 bits per heavy atom. The highest BCUT2D eigenvalue weighted by atomic mass is 35.5. The molecular weight excluding hydrogens is 386 g/mol. The molecule has 0 spiro atoms. The Morgan fingerprint density at radius 2 is 1.66 bits per heavy atom. The third kappa shape index (κ3) is 4.04. The molecule has 0 radical (unpaired) electrons. The quantitative estimate of drug-likeness (QED) is 0.716. The number of piperidine rings is 1. The van der Waals surface area contributed by atoms with Gasteiger partial charge in [0.25, 0.3) is 5.91 Å². The van der Waals surface area contributed by atoms with Crippen LogP contribution in [0, 0.1) is 0 Å². The molecule has 1 N–H and O–H groups in total. The second-order valence-electron chi connectivity index (χ2n) is 7.55. The number of carbonyl (C=O) groups is 1. The van der Waals surface area contributed by atoms with Crippen molar-refractivity contribution in [3.05, 3.63) is 60.4 Å². The minimum Gasteiger partial charge on any atom is -0.336 e. The molecule has 150 valence electrons. The van der Waals surface area contributed by atoms with Crippen LogP contribution in [0.15, 0.2) is 54.9 Å². The number of hydrogen-bond donors (Lipinski definition) is 1. The predicted octanol–water partition coefficient (Wildman–Crippen LogP) is 3.59. The number of hydrogen-bond acceptors (Lipinski definition) is 5. The molecule has 0 saturated carbocycles. The molecule has 3 saturated heterocycles. The highest BCUT2D eigenvalue weighted by Crippen LogP contribution is 2.24. The fraction of sp³-hybridized carbons (Fsp3) is 0.318. The number of rotatable bonds is 3. The van der Waals surface area contributed by atoms with Gasteiger partial charge in [-0.2, -0.15) is 0 Å². The van der Waals surface area contributed by atoms with Crippen LogP contribution in [0.4, 0.5) is 11.6 Å². The van der Waals surface area contributed by atoms with E-state index in [-0.39, 0.29) is 18.3 Å². The summed E-state index contributed by atoms with van der Waals surface area (Å²) in [5, 5.41) is 5.08. The first kappa shape index (κ1) is 19.6. The number of fused-ring (bicyclic) bond motifs is 5. The molecule has 6 rings (SSSR count). The van der Waals surface area contributed by atoms with Crippen molar-refractivity contribution in [3.8, 4) is 0 Å². The minimum absolute atomic E-state index is 0. The summed E-state index contributed by atoms with van der Waals surface area (Å²) in [7, 11) is 0. The lowest BCUT2D eigenvalue weighted by molar-refractivity contribution is 0.102. The second-order valence-corrected chi connectivity index (χ2v) is 7.55. The van der Waals surface area contributed by atoms with E-state index < -0.39 is 0 Å². The number of carbonyl (C=O) groups excluding carboxylic acids is 1. The van der Waals surface area contributed by atoms with E-state index in [0.29, 0.717) is 17.3 Å². The molecule has 0 aliphatic carbocycles. The first-order valence-electron chi connectivity index (χ1n) is 9.87. The van der Waals surface area contributed by atoms with Crippen LogP contribution in [-0.4, -0.2) is 53.0 Å².